The minimum atomic E-state index is -4.10. The number of nitrogens with zero attached hydrogens (tertiary/aromatic N) is 1. The van der Waals surface area contributed by atoms with Crippen LogP contribution in [0.2, 0.25) is 0 Å². The van der Waals surface area contributed by atoms with Gasteiger partial charge in [0.1, 0.15) is 6.04 Å². The molecule has 0 spiro atoms. The second-order valence-electron chi connectivity index (χ2n) is 2.81. The van der Waals surface area contributed by atoms with E-state index in [1.807, 2.05) is 0 Å². The summed E-state index contributed by atoms with van der Waals surface area (Å²) in [6.07, 6.45) is -4.10. The second-order valence-corrected chi connectivity index (χ2v) is 2.81. The maximum atomic E-state index is 12.0. The predicted molar refractivity (Wildman–Crippen MR) is 37.5 cm³/mol. The second kappa shape index (κ2) is 2.98. The SMILES string of the molecule is CN1CCNC(C(F)(F)F)C1.[HH]. The molecule has 1 aliphatic rings. The highest BCUT2D eigenvalue weighted by atomic mass is 19.4. The fourth-order valence-electron chi connectivity index (χ4n) is 1.12. The van der Waals surface area contributed by atoms with E-state index in [4.69, 9.17) is 0 Å². The van der Waals surface area contributed by atoms with Gasteiger partial charge in [0, 0.05) is 21.1 Å². The Labute approximate surface area is 64.8 Å². The lowest BCUT2D eigenvalue weighted by Gasteiger charge is -2.31. The average molecular weight is 170 g/mol. The maximum Gasteiger partial charge on any atom is 0.405 e. The van der Waals surface area contributed by atoms with Crippen molar-refractivity contribution in [3.63, 3.8) is 0 Å². The molecule has 11 heavy (non-hydrogen) atoms. The molecule has 1 fully saturated rings. The standard InChI is InChI=1S/C6H11F3N2.H2/c1-11-3-2-10-5(4-11)6(7,8)9;/h5,10H,2-4H2,1H3;1H. The van der Waals surface area contributed by atoms with Crippen molar-refractivity contribution in [2.24, 2.45) is 0 Å². The lowest BCUT2D eigenvalue weighted by molar-refractivity contribution is -0.163. The van der Waals surface area contributed by atoms with Gasteiger partial charge in [0.2, 0.25) is 0 Å². The molecule has 0 saturated carbocycles. The van der Waals surface area contributed by atoms with E-state index in [9.17, 15) is 13.2 Å². The van der Waals surface area contributed by atoms with Crippen LogP contribution in [0.5, 0.6) is 0 Å². The molecule has 0 radical (unpaired) electrons. The maximum absolute atomic E-state index is 12.0. The van der Waals surface area contributed by atoms with Crippen LogP contribution in [0, 0.1) is 0 Å². The van der Waals surface area contributed by atoms with Crippen molar-refractivity contribution < 1.29 is 14.6 Å². The van der Waals surface area contributed by atoms with E-state index >= 15 is 0 Å². The highest BCUT2D eigenvalue weighted by Crippen LogP contribution is 2.21. The monoisotopic (exact) mass is 170 g/mol. The zero-order valence-corrected chi connectivity index (χ0v) is 6.28. The van der Waals surface area contributed by atoms with Gasteiger partial charge in [0.15, 0.2) is 0 Å². The van der Waals surface area contributed by atoms with Crippen LogP contribution in [0.25, 0.3) is 0 Å². The number of rotatable bonds is 0. The third kappa shape index (κ3) is 2.34. The van der Waals surface area contributed by atoms with Gasteiger partial charge in [-0.25, -0.2) is 0 Å². The minimum absolute atomic E-state index is 0. The summed E-state index contributed by atoms with van der Waals surface area (Å²) >= 11 is 0. The third-order valence-corrected chi connectivity index (χ3v) is 1.77. The van der Waals surface area contributed by atoms with Crippen LogP contribution in [0.3, 0.4) is 0 Å². The number of hydrogen-bond donors (Lipinski definition) is 1. The van der Waals surface area contributed by atoms with E-state index in [0.717, 1.165) is 0 Å². The molecule has 1 N–H and O–H groups in total. The summed E-state index contributed by atoms with van der Waals surface area (Å²) in [6.45, 7) is 1.16. The van der Waals surface area contributed by atoms with Crippen LogP contribution in [0.1, 0.15) is 1.43 Å². The molecule has 0 bridgehead atoms. The van der Waals surface area contributed by atoms with Gasteiger partial charge in [-0.3, -0.25) is 0 Å². The van der Waals surface area contributed by atoms with E-state index in [-0.39, 0.29) is 7.97 Å². The normalized spacial score (nSPS) is 28.9. The fraction of sp³-hybridized carbons (Fsp3) is 1.00. The van der Waals surface area contributed by atoms with E-state index in [2.05, 4.69) is 5.32 Å². The highest BCUT2D eigenvalue weighted by molar-refractivity contribution is 4.82. The van der Waals surface area contributed by atoms with Crippen molar-refractivity contribution in [3.8, 4) is 0 Å². The van der Waals surface area contributed by atoms with Crippen LogP contribution in [0.4, 0.5) is 13.2 Å². The Morgan fingerprint density at radius 1 is 1.55 bits per heavy atom. The molecule has 1 aliphatic heterocycles. The van der Waals surface area contributed by atoms with E-state index in [1.165, 1.54) is 0 Å². The molecule has 1 heterocycles. The van der Waals surface area contributed by atoms with Crippen molar-refractivity contribution >= 4 is 0 Å². The van der Waals surface area contributed by atoms with Gasteiger partial charge in [0.05, 0.1) is 0 Å². The summed E-state index contributed by atoms with van der Waals surface area (Å²) in [5.41, 5.74) is 0. The Morgan fingerprint density at radius 2 is 2.18 bits per heavy atom. The van der Waals surface area contributed by atoms with E-state index < -0.39 is 12.2 Å². The number of likely N-dealkylation sites (N-methyl/N-ethyl adjacent to an activating group) is 1. The number of halogens is 3. The fourth-order valence-corrected chi connectivity index (χ4v) is 1.12. The number of hydrogen-bond acceptors (Lipinski definition) is 2. The van der Waals surface area contributed by atoms with Crippen LogP contribution < -0.4 is 5.32 Å². The third-order valence-electron chi connectivity index (χ3n) is 1.77. The molecule has 1 saturated heterocycles. The van der Waals surface area contributed by atoms with Crippen molar-refractivity contribution in [2.75, 3.05) is 26.7 Å². The van der Waals surface area contributed by atoms with Crippen LogP contribution in [-0.4, -0.2) is 43.8 Å². The van der Waals surface area contributed by atoms with Crippen molar-refractivity contribution in [3.05, 3.63) is 0 Å². The number of piperazine rings is 1. The predicted octanol–water partition coefficient (Wildman–Crippen LogP) is 0.698. The van der Waals surface area contributed by atoms with Gasteiger partial charge in [-0.05, 0) is 7.05 Å². The van der Waals surface area contributed by atoms with Gasteiger partial charge in [-0.1, -0.05) is 0 Å². The number of nitrogens with one attached hydrogen (secondary N) is 1. The molecule has 2 nitrogen and oxygen atoms in total. The summed E-state index contributed by atoms with van der Waals surface area (Å²) in [6, 6.07) is -1.35. The van der Waals surface area contributed by atoms with Gasteiger partial charge < -0.3 is 10.2 Å². The van der Waals surface area contributed by atoms with Crippen molar-refractivity contribution in [1.82, 2.24) is 10.2 Å². The minimum Gasteiger partial charge on any atom is -0.304 e. The van der Waals surface area contributed by atoms with E-state index in [1.54, 1.807) is 11.9 Å². The van der Waals surface area contributed by atoms with Gasteiger partial charge >= 0.3 is 6.18 Å². The largest absolute Gasteiger partial charge is 0.405 e. The Bertz CT molecular complexity index is 139. The van der Waals surface area contributed by atoms with Crippen LogP contribution >= 0.6 is 0 Å². The first kappa shape index (κ1) is 8.80. The lowest BCUT2D eigenvalue weighted by Crippen LogP contribution is -2.55. The molecule has 0 aliphatic carbocycles. The van der Waals surface area contributed by atoms with Gasteiger partial charge in [-0.2, -0.15) is 13.2 Å². The Hall–Kier alpha value is -0.290. The van der Waals surface area contributed by atoms with Crippen LogP contribution in [-0.2, 0) is 0 Å². The molecule has 68 valence electrons. The average Bonchev–Trinajstić information content (AvgIpc) is 1.86. The Morgan fingerprint density at radius 3 is 2.55 bits per heavy atom. The molecule has 1 unspecified atom stereocenters. The lowest BCUT2D eigenvalue weighted by atomic mass is 10.2. The summed E-state index contributed by atoms with van der Waals surface area (Å²) in [4.78, 5) is 1.68. The molecular weight excluding hydrogens is 157 g/mol. The molecule has 1 atom stereocenters. The zero-order chi connectivity index (χ0) is 8.48. The smallest absolute Gasteiger partial charge is 0.304 e. The van der Waals surface area contributed by atoms with Crippen molar-refractivity contribution in [1.29, 1.82) is 0 Å². The summed E-state index contributed by atoms with van der Waals surface area (Å²) in [5, 5.41) is 2.42. The Kier molecular flexibility index (Phi) is 2.39. The first-order chi connectivity index (χ1) is 5.00. The first-order valence-corrected chi connectivity index (χ1v) is 3.49. The number of alkyl halides is 3. The van der Waals surface area contributed by atoms with E-state index in [0.29, 0.717) is 13.1 Å². The first-order valence-electron chi connectivity index (χ1n) is 3.49. The van der Waals surface area contributed by atoms with Gasteiger partial charge in [0.25, 0.3) is 0 Å². The zero-order valence-electron chi connectivity index (χ0n) is 6.28. The highest BCUT2D eigenvalue weighted by Gasteiger charge is 2.41. The quantitative estimate of drug-likeness (QED) is 0.575. The molecule has 1 rings (SSSR count). The molecule has 0 aromatic rings. The molecule has 0 amide bonds. The summed E-state index contributed by atoms with van der Waals surface area (Å²) in [7, 11) is 1.69. The van der Waals surface area contributed by atoms with Gasteiger partial charge in [-0.15, -0.1) is 0 Å². The summed E-state index contributed by atoms with van der Waals surface area (Å²) < 4.78 is 36.1. The molecule has 5 heteroatoms. The molecule has 0 aromatic heterocycles. The van der Waals surface area contributed by atoms with Crippen molar-refractivity contribution in [2.45, 2.75) is 12.2 Å². The summed E-state index contributed by atoms with van der Waals surface area (Å²) in [5.74, 6) is 0. The molecule has 0 aromatic carbocycles. The molecular formula is C6H13F3N2. The topological polar surface area (TPSA) is 15.3 Å². The Balaban J connectivity index is 0.00000121. The van der Waals surface area contributed by atoms with Crippen LogP contribution in [0.15, 0.2) is 0 Å².